The highest BCUT2D eigenvalue weighted by Gasteiger charge is 2.14. The number of rotatable bonds is 7. The molecule has 0 aliphatic carbocycles. The first-order valence-corrected chi connectivity index (χ1v) is 7.91. The SMILES string of the molecule is CCCCOc1cccc(C(=O)NS(=O)(=O)CC)c1. The van der Waals surface area contributed by atoms with Gasteiger partial charge < -0.3 is 4.74 Å². The molecule has 1 amide bonds. The number of amides is 1. The van der Waals surface area contributed by atoms with E-state index >= 15 is 0 Å². The van der Waals surface area contributed by atoms with Crippen LogP contribution in [0.1, 0.15) is 37.0 Å². The van der Waals surface area contributed by atoms with E-state index in [2.05, 4.69) is 6.92 Å². The number of sulfonamides is 1. The number of carbonyl (C=O) groups excluding carboxylic acids is 1. The summed E-state index contributed by atoms with van der Waals surface area (Å²) in [6, 6.07) is 6.49. The minimum absolute atomic E-state index is 0.134. The Morgan fingerprint density at radius 3 is 2.68 bits per heavy atom. The minimum atomic E-state index is -3.54. The normalized spacial score (nSPS) is 11.1. The zero-order chi connectivity index (χ0) is 14.3. The summed E-state index contributed by atoms with van der Waals surface area (Å²) in [6.07, 6.45) is 1.95. The second-order valence-electron chi connectivity index (χ2n) is 4.06. The lowest BCUT2D eigenvalue weighted by Gasteiger charge is -2.08. The fourth-order valence-electron chi connectivity index (χ4n) is 1.33. The van der Waals surface area contributed by atoms with E-state index in [1.807, 2.05) is 4.72 Å². The zero-order valence-corrected chi connectivity index (χ0v) is 12.0. The molecule has 0 aliphatic heterocycles. The van der Waals surface area contributed by atoms with Crippen molar-refractivity contribution in [3.8, 4) is 5.75 Å². The summed E-state index contributed by atoms with van der Waals surface area (Å²) in [5.41, 5.74) is 0.269. The van der Waals surface area contributed by atoms with Crippen molar-refractivity contribution in [2.24, 2.45) is 0 Å². The van der Waals surface area contributed by atoms with Crippen LogP contribution < -0.4 is 9.46 Å². The van der Waals surface area contributed by atoms with Crippen LogP contribution in [0.15, 0.2) is 24.3 Å². The molecule has 106 valence electrons. The van der Waals surface area contributed by atoms with Gasteiger partial charge >= 0.3 is 0 Å². The van der Waals surface area contributed by atoms with E-state index in [4.69, 9.17) is 4.74 Å². The van der Waals surface area contributed by atoms with Crippen LogP contribution in [0.3, 0.4) is 0 Å². The van der Waals surface area contributed by atoms with Gasteiger partial charge in [-0.05, 0) is 31.5 Å². The third-order valence-electron chi connectivity index (χ3n) is 2.49. The average molecular weight is 285 g/mol. The smallest absolute Gasteiger partial charge is 0.264 e. The molecule has 0 aromatic heterocycles. The highest BCUT2D eigenvalue weighted by molar-refractivity contribution is 7.90. The first kappa shape index (κ1) is 15.5. The van der Waals surface area contributed by atoms with Gasteiger partial charge in [0.2, 0.25) is 10.0 Å². The van der Waals surface area contributed by atoms with Crippen molar-refractivity contribution in [2.45, 2.75) is 26.7 Å². The lowest BCUT2D eigenvalue weighted by Crippen LogP contribution is -2.31. The summed E-state index contributed by atoms with van der Waals surface area (Å²) < 4.78 is 30.1. The van der Waals surface area contributed by atoms with Gasteiger partial charge in [0.1, 0.15) is 5.75 Å². The van der Waals surface area contributed by atoms with E-state index in [0.29, 0.717) is 12.4 Å². The van der Waals surface area contributed by atoms with Crippen LogP contribution in [-0.4, -0.2) is 26.7 Å². The number of unbranched alkanes of at least 4 members (excludes halogenated alkanes) is 1. The molecule has 0 spiro atoms. The minimum Gasteiger partial charge on any atom is -0.494 e. The fraction of sp³-hybridized carbons (Fsp3) is 0.462. The van der Waals surface area contributed by atoms with Gasteiger partial charge in [-0.2, -0.15) is 0 Å². The number of hydrogen-bond donors (Lipinski definition) is 1. The maximum absolute atomic E-state index is 11.8. The second-order valence-corrected chi connectivity index (χ2v) is 6.08. The Morgan fingerprint density at radius 2 is 2.05 bits per heavy atom. The number of hydrogen-bond acceptors (Lipinski definition) is 4. The molecule has 0 saturated heterocycles. The van der Waals surface area contributed by atoms with Crippen LogP contribution in [0, 0.1) is 0 Å². The quantitative estimate of drug-likeness (QED) is 0.777. The van der Waals surface area contributed by atoms with Gasteiger partial charge in [0.15, 0.2) is 0 Å². The van der Waals surface area contributed by atoms with Crippen LogP contribution in [0.5, 0.6) is 5.75 Å². The molecule has 0 heterocycles. The van der Waals surface area contributed by atoms with Gasteiger partial charge in [-0.25, -0.2) is 13.1 Å². The van der Waals surface area contributed by atoms with Crippen LogP contribution in [-0.2, 0) is 10.0 Å². The van der Waals surface area contributed by atoms with Crippen LogP contribution in [0.2, 0.25) is 0 Å². The van der Waals surface area contributed by atoms with E-state index in [1.54, 1.807) is 18.2 Å². The largest absolute Gasteiger partial charge is 0.494 e. The maximum Gasteiger partial charge on any atom is 0.264 e. The monoisotopic (exact) mass is 285 g/mol. The Labute approximate surface area is 114 Å². The lowest BCUT2D eigenvalue weighted by molar-refractivity contribution is 0.0981. The zero-order valence-electron chi connectivity index (χ0n) is 11.2. The second kappa shape index (κ2) is 7.13. The van der Waals surface area contributed by atoms with Gasteiger partial charge in [0, 0.05) is 5.56 Å². The number of benzene rings is 1. The fourth-order valence-corrected chi connectivity index (χ4v) is 1.88. The third-order valence-corrected chi connectivity index (χ3v) is 3.75. The van der Waals surface area contributed by atoms with E-state index in [9.17, 15) is 13.2 Å². The predicted octanol–water partition coefficient (Wildman–Crippen LogP) is 1.95. The molecule has 5 nitrogen and oxygen atoms in total. The molecule has 0 unspecified atom stereocenters. The van der Waals surface area contributed by atoms with Crippen LogP contribution >= 0.6 is 0 Å². The van der Waals surface area contributed by atoms with Crippen molar-refractivity contribution >= 4 is 15.9 Å². The van der Waals surface area contributed by atoms with E-state index in [0.717, 1.165) is 12.8 Å². The van der Waals surface area contributed by atoms with Crippen molar-refractivity contribution in [1.29, 1.82) is 0 Å². The van der Waals surface area contributed by atoms with Gasteiger partial charge in [-0.1, -0.05) is 19.4 Å². The maximum atomic E-state index is 11.8. The molecule has 0 atom stereocenters. The standard InChI is InChI=1S/C13H19NO4S/c1-3-5-9-18-12-8-6-7-11(10-12)13(15)14-19(16,17)4-2/h6-8,10H,3-5,9H2,1-2H3,(H,14,15). The summed E-state index contributed by atoms with van der Waals surface area (Å²) in [7, 11) is -3.54. The molecular weight excluding hydrogens is 266 g/mol. The summed E-state index contributed by atoms with van der Waals surface area (Å²) in [6.45, 7) is 4.11. The third kappa shape index (κ3) is 5.30. The molecule has 1 aromatic rings. The molecular formula is C13H19NO4S. The number of carbonyl (C=O) groups is 1. The highest BCUT2D eigenvalue weighted by Crippen LogP contribution is 2.14. The van der Waals surface area contributed by atoms with Crippen LogP contribution in [0.25, 0.3) is 0 Å². The first-order valence-electron chi connectivity index (χ1n) is 6.26. The lowest BCUT2D eigenvalue weighted by atomic mass is 10.2. The first-order chi connectivity index (χ1) is 8.98. The summed E-state index contributed by atoms with van der Waals surface area (Å²) >= 11 is 0. The molecule has 0 fully saturated rings. The van der Waals surface area contributed by atoms with Gasteiger partial charge in [-0.15, -0.1) is 0 Å². The molecule has 1 N–H and O–H groups in total. The van der Waals surface area contributed by atoms with Crippen molar-refractivity contribution in [2.75, 3.05) is 12.4 Å². The van der Waals surface area contributed by atoms with E-state index in [1.165, 1.54) is 13.0 Å². The number of nitrogens with one attached hydrogen (secondary N) is 1. The molecule has 1 aromatic carbocycles. The highest BCUT2D eigenvalue weighted by atomic mass is 32.2. The van der Waals surface area contributed by atoms with Crippen molar-refractivity contribution in [3.05, 3.63) is 29.8 Å². The van der Waals surface area contributed by atoms with Crippen molar-refractivity contribution in [3.63, 3.8) is 0 Å². The van der Waals surface area contributed by atoms with Crippen molar-refractivity contribution in [1.82, 2.24) is 4.72 Å². The summed E-state index contributed by atoms with van der Waals surface area (Å²) in [5, 5.41) is 0. The molecule has 0 aliphatic rings. The van der Waals surface area contributed by atoms with Gasteiger partial charge in [0.25, 0.3) is 5.91 Å². The van der Waals surface area contributed by atoms with E-state index < -0.39 is 15.9 Å². The molecule has 19 heavy (non-hydrogen) atoms. The summed E-state index contributed by atoms with van der Waals surface area (Å²) in [4.78, 5) is 11.8. The Bertz CT molecular complexity index is 525. The molecule has 0 bridgehead atoms. The molecule has 0 saturated carbocycles. The Kier molecular flexibility index (Phi) is 5.82. The molecule has 6 heteroatoms. The number of ether oxygens (including phenoxy) is 1. The van der Waals surface area contributed by atoms with Crippen molar-refractivity contribution < 1.29 is 17.9 Å². The van der Waals surface area contributed by atoms with Gasteiger partial charge in [0.05, 0.1) is 12.4 Å². The Morgan fingerprint density at radius 1 is 1.32 bits per heavy atom. The van der Waals surface area contributed by atoms with E-state index in [-0.39, 0.29) is 11.3 Å². The topological polar surface area (TPSA) is 72.5 Å². The Hall–Kier alpha value is -1.56. The summed E-state index contributed by atoms with van der Waals surface area (Å²) in [5.74, 6) is -0.205. The van der Waals surface area contributed by atoms with Gasteiger partial charge in [-0.3, -0.25) is 4.79 Å². The predicted molar refractivity (Wildman–Crippen MR) is 73.8 cm³/mol. The molecule has 0 radical (unpaired) electrons. The average Bonchev–Trinajstić information content (AvgIpc) is 2.39. The Balaban J connectivity index is 2.73. The van der Waals surface area contributed by atoms with Crippen LogP contribution in [0.4, 0.5) is 0 Å². The molecule has 1 rings (SSSR count).